The van der Waals surface area contributed by atoms with Crippen molar-refractivity contribution in [1.29, 1.82) is 0 Å². The smallest absolute Gasteiger partial charge is 0.305 e. The number of rotatable bonds is 85. The van der Waals surface area contributed by atoms with Crippen molar-refractivity contribution >= 4 is 11.9 Å². The van der Waals surface area contributed by atoms with Crippen LogP contribution in [0.4, 0.5) is 0 Å². The third-order valence-corrected chi connectivity index (χ3v) is 21.2. The minimum Gasteiger partial charge on any atom is -0.466 e. The van der Waals surface area contributed by atoms with Crippen molar-refractivity contribution < 1.29 is 24.5 Å². The molecule has 6 heteroatoms. The molecule has 0 radical (unpaired) electrons. The molecule has 570 valence electrons. The van der Waals surface area contributed by atoms with Crippen LogP contribution in [0.25, 0.3) is 0 Å². The zero-order chi connectivity index (χ0) is 69.1. The number of allylic oxidation sites excluding steroid dienone is 3. The van der Waals surface area contributed by atoms with Crippen molar-refractivity contribution in [2.75, 3.05) is 13.2 Å². The van der Waals surface area contributed by atoms with Crippen molar-refractivity contribution in [2.24, 2.45) is 0 Å². The van der Waals surface area contributed by atoms with Gasteiger partial charge in [0.2, 0.25) is 5.91 Å². The summed E-state index contributed by atoms with van der Waals surface area (Å²) < 4.78 is 5.52. The molecule has 0 aliphatic carbocycles. The summed E-state index contributed by atoms with van der Waals surface area (Å²) >= 11 is 0. The highest BCUT2D eigenvalue weighted by Gasteiger charge is 2.18. The summed E-state index contributed by atoms with van der Waals surface area (Å²) in [5, 5.41) is 23.3. The largest absolute Gasteiger partial charge is 0.466 e. The first-order valence-electron chi connectivity index (χ1n) is 44.6. The minimum atomic E-state index is -0.843. The maximum absolute atomic E-state index is 12.6. The predicted molar refractivity (Wildman–Crippen MR) is 426 cm³/mol. The van der Waals surface area contributed by atoms with Crippen molar-refractivity contribution in [2.45, 2.75) is 527 Å². The molecule has 1 amide bonds. The van der Waals surface area contributed by atoms with E-state index in [-0.39, 0.29) is 18.5 Å². The Hall–Kier alpha value is -1.66. The van der Waals surface area contributed by atoms with Crippen LogP contribution in [-0.4, -0.2) is 47.4 Å². The van der Waals surface area contributed by atoms with Crippen LogP contribution in [0, 0.1) is 0 Å². The predicted octanol–water partition coefficient (Wildman–Crippen LogP) is 29.9. The standard InChI is InChI=1S/C90H175NO5/c1-3-5-7-9-11-13-15-17-19-21-23-24-25-41-44-47-50-54-58-62-66-70-74-78-82-88(93)87(86-92)91-89(94)83-79-75-71-67-63-59-55-51-48-45-42-39-37-35-33-31-29-27-26-28-30-32-34-36-38-40-43-46-49-53-57-61-65-69-73-77-81-85-96-90(95)84-80-76-72-68-64-60-56-52-22-20-18-16-14-12-10-8-6-4-2/h26,28,78,82,87-88,92-93H,3-25,27,29-77,79-81,83-86H2,1-2H3,(H,91,94)/b28-26-,82-78+. The first-order valence-corrected chi connectivity index (χ1v) is 44.6. The molecule has 0 rings (SSSR count). The van der Waals surface area contributed by atoms with Crippen LogP contribution in [0.2, 0.25) is 0 Å². The lowest BCUT2D eigenvalue weighted by Crippen LogP contribution is -2.45. The monoisotopic (exact) mass is 1350 g/mol. The molecule has 0 saturated heterocycles. The fourth-order valence-electron chi connectivity index (χ4n) is 14.5. The van der Waals surface area contributed by atoms with Gasteiger partial charge in [-0.15, -0.1) is 0 Å². The summed E-state index contributed by atoms with van der Waals surface area (Å²) in [7, 11) is 0. The van der Waals surface area contributed by atoms with Gasteiger partial charge in [0.25, 0.3) is 0 Å². The second-order valence-electron chi connectivity index (χ2n) is 30.9. The van der Waals surface area contributed by atoms with E-state index in [0.717, 1.165) is 38.5 Å². The van der Waals surface area contributed by atoms with Gasteiger partial charge in [-0.05, 0) is 57.8 Å². The summed E-state index contributed by atoms with van der Waals surface area (Å²) in [6.07, 6.45) is 112. The lowest BCUT2D eigenvalue weighted by atomic mass is 10.0. The molecular formula is C90H175NO5. The van der Waals surface area contributed by atoms with E-state index in [2.05, 4.69) is 31.3 Å². The van der Waals surface area contributed by atoms with Gasteiger partial charge < -0.3 is 20.3 Å². The summed E-state index contributed by atoms with van der Waals surface area (Å²) in [5.74, 6) is -0.0310. The zero-order valence-electron chi connectivity index (χ0n) is 65.7. The Labute approximate surface area is 602 Å². The average molecular weight is 1350 g/mol. The van der Waals surface area contributed by atoms with Crippen LogP contribution in [0.15, 0.2) is 24.3 Å². The first-order chi connectivity index (χ1) is 47.5. The van der Waals surface area contributed by atoms with Gasteiger partial charge in [-0.3, -0.25) is 9.59 Å². The normalized spacial score (nSPS) is 12.5. The minimum absolute atomic E-state index is 0.0270. The Balaban J connectivity index is 3.34. The third kappa shape index (κ3) is 81.3. The maximum atomic E-state index is 12.6. The number of unbranched alkanes of at least 4 members (excludes halogenated alkanes) is 72. The molecular weight excluding hydrogens is 1170 g/mol. The number of nitrogens with one attached hydrogen (secondary N) is 1. The topological polar surface area (TPSA) is 95.9 Å². The van der Waals surface area contributed by atoms with Gasteiger partial charge in [-0.2, -0.15) is 0 Å². The number of aliphatic hydroxyl groups excluding tert-OH is 2. The molecule has 0 aromatic carbocycles. The summed E-state index contributed by atoms with van der Waals surface area (Å²) in [4.78, 5) is 24.7. The number of carbonyl (C=O) groups is 2. The SMILES string of the molecule is CCCCCCCCCCCCCCCCCCCCCCCC/C=C/C(O)C(CO)NC(=O)CCCCCCCCCCCCCCCCCCC/C=C\CCCCCCCCCCCCCCCCCCOC(=O)CCCCCCCCCCCCCCCCCCCC. The van der Waals surface area contributed by atoms with E-state index in [4.69, 9.17) is 4.74 Å². The molecule has 0 saturated carbocycles. The molecule has 0 bridgehead atoms. The summed E-state index contributed by atoms with van der Waals surface area (Å²) in [5.41, 5.74) is 0. The Bertz CT molecular complexity index is 1510. The van der Waals surface area contributed by atoms with Crippen molar-refractivity contribution in [3.8, 4) is 0 Å². The fraction of sp³-hybridized carbons (Fsp3) is 0.933. The second kappa shape index (κ2) is 85.8. The quantitative estimate of drug-likeness (QED) is 0.0320. The van der Waals surface area contributed by atoms with Gasteiger partial charge in [0, 0.05) is 12.8 Å². The lowest BCUT2D eigenvalue weighted by Gasteiger charge is -2.20. The van der Waals surface area contributed by atoms with Crippen LogP contribution in [0.1, 0.15) is 515 Å². The van der Waals surface area contributed by atoms with Gasteiger partial charge in [-0.25, -0.2) is 0 Å². The van der Waals surface area contributed by atoms with Crippen LogP contribution in [0.3, 0.4) is 0 Å². The average Bonchev–Trinajstić information content (AvgIpc) is 3.00. The Kier molecular flexibility index (Phi) is 84.3. The number of amides is 1. The van der Waals surface area contributed by atoms with E-state index < -0.39 is 12.1 Å². The number of hydrogen-bond donors (Lipinski definition) is 3. The highest BCUT2D eigenvalue weighted by Crippen LogP contribution is 2.21. The zero-order valence-corrected chi connectivity index (χ0v) is 65.7. The van der Waals surface area contributed by atoms with Gasteiger partial charge in [-0.1, -0.05) is 468 Å². The molecule has 0 fully saturated rings. The number of carbonyl (C=O) groups excluding carboxylic acids is 2. The molecule has 0 aromatic heterocycles. The Morgan fingerprint density at radius 2 is 0.490 bits per heavy atom. The van der Waals surface area contributed by atoms with Gasteiger partial charge in [0.05, 0.1) is 25.4 Å². The number of aliphatic hydroxyl groups is 2. The van der Waals surface area contributed by atoms with E-state index in [1.807, 2.05) is 6.08 Å². The molecule has 6 nitrogen and oxygen atoms in total. The van der Waals surface area contributed by atoms with E-state index in [1.54, 1.807) is 6.08 Å². The highest BCUT2D eigenvalue weighted by atomic mass is 16.5. The molecule has 96 heavy (non-hydrogen) atoms. The van der Waals surface area contributed by atoms with Crippen molar-refractivity contribution in [3.05, 3.63) is 24.3 Å². The van der Waals surface area contributed by atoms with Crippen LogP contribution >= 0.6 is 0 Å². The molecule has 0 aliphatic rings. The number of hydrogen-bond acceptors (Lipinski definition) is 5. The fourth-order valence-corrected chi connectivity index (χ4v) is 14.5. The Morgan fingerprint density at radius 3 is 0.740 bits per heavy atom. The first kappa shape index (κ1) is 94.3. The van der Waals surface area contributed by atoms with Gasteiger partial charge >= 0.3 is 5.97 Å². The van der Waals surface area contributed by atoms with E-state index in [0.29, 0.717) is 19.4 Å². The van der Waals surface area contributed by atoms with Crippen molar-refractivity contribution in [1.82, 2.24) is 5.32 Å². The molecule has 0 aromatic rings. The number of ether oxygens (including phenoxy) is 1. The maximum Gasteiger partial charge on any atom is 0.305 e. The summed E-state index contributed by atoms with van der Waals surface area (Å²) in [6.45, 7) is 4.98. The van der Waals surface area contributed by atoms with E-state index in [1.165, 1.54) is 449 Å². The molecule has 0 spiro atoms. The van der Waals surface area contributed by atoms with Crippen LogP contribution in [0.5, 0.6) is 0 Å². The van der Waals surface area contributed by atoms with Gasteiger partial charge in [0.1, 0.15) is 0 Å². The van der Waals surface area contributed by atoms with Crippen LogP contribution < -0.4 is 5.32 Å². The molecule has 2 unspecified atom stereocenters. The second-order valence-corrected chi connectivity index (χ2v) is 30.9. The van der Waals surface area contributed by atoms with Crippen molar-refractivity contribution in [3.63, 3.8) is 0 Å². The highest BCUT2D eigenvalue weighted by molar-refractivity contribution is 5.76. The molecule has 0 aliphatic heterocycles. The molecule has 0 heterocycles. The number of esters is 1. The molecule has 2 atom stereocenters. The lowest BCUT2D eigenvalue weighted by molar-refractivity contribution is -0.143. The third-order valence-electron chi connectivity index (χ3n) is 21.2. The van der Waals surface area contributed by atoms with Crippen LogP contribution in [-0.2, 0) is 14.3 Å². The van der Waals surface area contributed by atoms with E-state index in [9.17, 15) is 19.8 Å². The van der Waals surface area contributed by atoms with E-state index >= 15 is 0 Å². The summed E-state index contributed by atoms with van der Waals surface area (Å²) in [6, 6.07) is -0.626. The Morgan fingerprint density at radius 1 is 0.281 bits per heavy atom. The molecule has 3 N–H and O–H groups in total. The van der Waals surface area contributed by atoms with Gasteiger partial charge in [0.15, 0.2) is 0 Å².